The third-order valence-electron chi connectivity index (χ3n) is 4.51. The van der Waals surface area contributed by atoms with Gasteiger partial charge in [-0.25, -0.2) is 0 Å². The molecule has 100 valence electrons. The number of hydrogen-bond acceptors (Lipinski definition) is 2. The predicted molar refractivity (Wildman–Crippen MR) is 76.3 cm³/mol. The normalized spacial score (nSPS) is 29.2. The van der Waals surface area contributed by atoms with Crippen LogP contribution in [0.3, 0.4) is 0 Å². The number of nitrogens with two attached hydrogens (primary N) is 1. The number of rotatable bonds is 2. The van der Waals surface area contributed by atoms with Gasteiger partial charge in [-0.2, -0.15) is 0 Å². The minimum Gasteiger partial charge on any atom is -0.325 e. The third kappa shape index (κ3) is 3.32. The summed E-state index contributed by atoms with van der Waals surface area (Å²) in [5.41, 5.74) is 8.33. The quantitative estimate of drug-likeness (QED) is 0.866. The van der Waals surface area contributed by atoms with Crippen LogP contribution in [0.5, 0.6) is 0 Å². The summed E-state index contributed by atoms with van der Waals surface area (Å²) in [7, 11) is 0. The van der Waals surface area contributed by atoms with Crippen molar-refractivity contribution in [1.82, 2.24) is 4.98 Å². The molecule has 0 amide bonds. The highest BCUT2D eigenvalue weighted by Crippen LogP contribution is 2.41. The Kier molecular flexibility index (Phi) is 3.76. The Bertz CT molecular complexity index is 370. The molecule has 0 bridgehead atoms. The summed E-state index contributed by atoms with van der Waals surface area (Å²) in [5, 5.41) is 0. The van der Waals surface area contributed by atoms with Crippen molar-refractivity contribution in [3.63, 3.8) is 0 Å². The highest BCUT2D eigenvalue weighted by atomic mass is 14.7. The molecular formula is C16H26N2. The van der Waals surface area contributed by atoms with Crippen molar-refractivity contribution in [2.75, 3.05) is 0 Å². The van der Waals surface area contributed by atoms with E-state index in [1.54, 1.807) is 0 Å². The van der Waals surface area contributed by atoms with E-state index in [-0.39, 0.29) is 5.54 Å². The summed E-state index contributed by atoms with van der Waals surface area (Å²) in [6, 6.07) is 4.18. The molecule has 0 spiro atoms. The molecule has 1 saturated carbocycles. The van der Waals surface area contributed by atoms with Gasteiger partial charge in [0.25, 0.3) is 0 Å². The third-order valence-corrected chi connectivity index (χ3v) is 4.51. The van der Waals surface area contributed by atoms with E-state index in [0.717, 1.165) is 25.2 Å². The summed E-state index contributed by atoms with van der Waals surface area (Å²) >= 11 is 0. The van der Waals surface area contributed by atoms with E-state index in [9.17, 15) is 0 Å². The molecular weight excluding hydrogens is 220 g/mol. The lowest BCUT2D eigenvalue weighted by Crippen LogP contribution is -2.46. The Labute approximate surface area is 111 Å². The molecule has 0 unspecified atom stereocenters. The molecule has 1 aliphatic rings. The van der Waals surface area contributed by atoms with Gasteiger partial charge in [0, 0.05) is 17.9 Å². The monoisotopic (exact) mass is 246 g/mol. The molecule has 0 saturated heterocycles. The molecule has 0 atom stereocenters. The van der Waals surface area contributed by atoms with Gasteiger partial charge in [-0.1, -0.05) is 20.8 Å². The van der Waals surface area contributed by atoms with Crippen molar-refractivity contribution in [1.29, 1.82) is 0 Å². The lowest BCUT2D eigenvalue weighted by atomic mass is 9.66. The highest BCUT2D eigenvalue weighted by Gasteiger charge is 2.36. The summed E-state index contributed by atoms with van der Waals surface area (Å²) in [6.07, 6.45) is 9.55. The topological polar surface area (TPSA) is 38.9 Å². The van der Waals surface area contributed by atoms with Gasteiger partial charge < -0.3 is 5.73 Å². The zero-order valence-electron chi connectivity index (χ0n) is 11.9. The van der Waals surface area contributed by atoms with Crippen molar-refractivity contribution in [3.8, 4) is 0 Å². The van der Waals surface area contributed by atoms with Crippen LogP contribution < -0.4 is 5.73 Å². The van der Waals surface area contributed by atoms with Crippen molar-refractivity contribution in [3.05, 3.63) is 30.1 Å². The van der Waals surface area contributed by atoms with Crippen molar-refractivity contribution in [2.45, 2.75) is 58.4 Å². The maximum Gasteiger partial charge on any atom is 0.0270 e. The van der Waals surface area contributed by atoms with Crippen LogP contribution >= 0.6 is 0 Å². The van der Waals surface area contributed by atoms with Crippen LogP contribution in [0.4, 0.5) is 0 Å². The van der Waals surface area contributed by atoms with E-state index in [4.69, 9.17) is 5.73 Å². The second kappa shape index (κ2) is 5.00. The van der Waals surface area contributed by atoms with Gasteiger partial charge in [-0.3, -0.25) is 4.98 Å². The minimum absolute atomic E-state index is 0.00308. The summed E-state index contributed by atoms with van der Waals surface area (Å²) in [5.74, 6) is 0.826. The van der Waals surface area contributed by atoms with Crippen molar-refractivity contribution in [2.24, 2.45) is 17.1 Å². The first-order valence-electron chi connectivity index (χ1n) is 7.07. The molecule has 1 fully saturated rings. The molecule has 2 rings (SSSR count). The Morgan fingerprint density at radius 2 is 1.78 bits per heavy atom. The first-order chi connectivity index (χ1) is 8.39. The van der Waals surface area contributed by atoms with Crippen LogP contribution in [-0.4, -0.2) is 10.5 Å². The standard InChI is InChI=1S/C16H26N2/c1-15(2,3)14-4-8-16(17,9-5-14)12-13-6-10-18-11-7-13/h6-7,10-11,14H,4-5,8-9,12,17H2,1-3H3. The van der Waals surface area contributed by atoms with Gasteiger partial charge in [0.2, 0.25) is 0 Å². The zero-order chi connectivity index (χ0) is 13.2. The van der Waals surface area contributed by atoms with Gasteiger partial charge in [-0.05, 0) is 61.1 Å². The molecule has 0 aromatic carbocycles. The first-order valence-corrected chi connectivity index (χ1v) is 7.07. The van der Waals surface area contributed by atoms with Crippen LogP contribution in [0.15, 0.2) is 24.5 Å². The van der Waals surface area contributed by atoms with Crippen LogP contribution in [0.2, 0.25) is 0 Å². The van der Waals surface area contributed by atoms with Crippen LogP contribution in [0.25, 0.3) is 0 Å². The van der Waals surface area contributed by atoms with E-state index in [0.29, 0.717) is 5.41 Å². The summed E-state index contributed by atoms with van der Waals surface area (Å²) in [6.45, 7) is 7.05. The predicted octanol–water partition coefficient (Wildman–Crippen LogP) is 3.56. The molecule has 2 nitrogen and oxygen atoms in total. The van der Waals surface area contributed by atoms with Crippen molar-refractivity contribution < 1.29 is 0 Å². The average Bonchev–Trinajstić information content (AvgIpc) is 2.29. The molecule has 0 radical (unpaired) electrons. The van der Waals surface area contributed by atoms with E-state index in [1.807, 2.05) is 12.4 Å². The molecule has 1 aromatic rings. The highest BCUT2D eigenvalue weighted by molar-refractivity contribution is 5.14. The van der Waals surface area contributed by atoms with Crippen molar-refractivity contribution >= 4 is 0 Å². The molecule has 2 heteroatoms. The fraction of sp³-hybridized carbons (Fsp3) is 0.688. The Morgan fingerprint density at radius 1 is 1.22 bits per heavy atom. The van der Waals surface area contributed by atoms with Crippen LogP contribution in [0.1, 0.15) is 52.0 Å². The van der Waals surface area contributed by atoms with Gasteiger partial charge in [0.1, 0.15) is 0 Å². The molecule has 1 heterocycles. The number of hydrogen-bond donors (Lipinski definition) is 1. The van der Waals surface area contributed by atoms with E-state index in [1.165, 1.54) is 18.4 Å². The fourth-order valence-electron chi connectivity index (χ4n) is 3.14. The molecule has 0 aliphatic heterocycles. The first kappa shape index (κ1) is 13.5. The molecule has 1 aromatic heterocycles. The van der Waals surface area contributed by atoms with Gasteiger partial charge in [0.15, 0.2) is 0 Å². The second-order valence-corrected chi connectivity index (χ2v) is 7.03. The summed E-state index contributed by atoms with van der Waals surface area (Å²) in [4.78, 5) is 4.06. The Hall–Kier alpha value is -0.890. The van der Waals surface area contributed by atoms with E-state index in [2.05, 4.69) is 37.9 Å². The SMILES string of the molecule is CC(C)(C)C1CCC(N)(Cc2ccncc2)CC1. The Morgan fingerprint density at radius 3 is 2.28 bits per heavy atom. The number of pyridine rings is 1. The smallest absolute Gasteiger partial charge is 0.0270 e. The van der Waals surface area contributed by atoms with Gasteiger partial charge in [0.05, 0.1) is 0 Å². The Balaban J connectivity index is 1.95. The van der Waals surface area contributed by atoms with E-state index < -0.39 is 0 Å². The fourth-order valence-corrected chi connectivity index (χ4v) is 3.14. The maximum absolute atomic E-state index is 6.58. The van der Waals surface area contributed by atoms with E-state index >= 15 is 0 Å². The largest absolute Gasteiger partial charge is 0.325 e. The lowest BCUT2D eigenvalue weighted by Gasteiger charge is -2.42. The van der Waals surface area contributed by atoms with Gasteiger partial charge in [-0.15, -0.1) is 0 Å². The summed E-state index contributed by atoms with van der Waals surface area (Å²) < 4.78 is 0. The lowest BCUT2D eigenvalue weighted by molar-refractivity contribution is 0.134. The number of aromatic nitrogens is 1. The number of nitrogens with zero attached hydrogens (tertiary/aromatic N) is 1. The van der Waals surface area contributed by atoms with Crippen LogP contribution in [-0.2, 0) is 6.42 Å². The minimum atomic E-state index is 0.00308. The maximum atomic E-state index is 6.58. The zero-order valence-corrected chi connectivity index (χ0v) is 11.9. The van der Waals surface area contributed by atoms with Crippen LogP contribution in [0, 0.1) is 11.3 Å². The molecule has 1 aliphatic carbocycles. The molecule has 2 N–H and O–H groups in total. The van der Waals surface area contributed by atoms with Gasteiger partial charge >= 0.3 is 0 Å². The average molecular weight is 246 g/mol. The second-order valence-electron chi connectivity index (χ2n) is 7.03. The molecule has 18 heavy (non-hydrogen) atoms.